The third-order valence-corrected chi connectivity index (χ3v) is 3.06. The van der Waals surface area contributed by atoms with Crippen LogP contribution in [0.4, 0.5) is 4.39 Å². The Morgan fingerprint density at radius 1 is 0.955 bits per heavy atom. The van der Waals surface area contributed by atoms with Gasteiger partial charge >= 0.3 is 5.97 Å². The van der Waals surface area contributed by atoms with Crippen LogP contribution >= 0.6 is 0 Å². The van der Waals surface area contributed by atoms with Crippen LogP contribution in [0.3, 0.4) is 0 Å². The van der Waals surface area contributed by atoms with Gasteiger partial charge in [-0.25, -0.2) is 4.39 Å². The Hall–Kier alpha value is -2.49. The van der Waals surface area contributed by atoms with Gasteiger partial charge in [0.15, 0.2) is 5.78 Å². The van der Waals surface area contributed by atoms with Gasteiger partial charge in [0, 0.05) is 5.56 Å². The number of hydrogen-bond donors (Lipinski definition) is 0. The summed E-state index contributed by atoms with van der Waals surface area (Å²) in [5, 5.41) is 0. The first kappa shape index (κ1) is 15.9. The van der Waals surface area contributed by atoms with Crippen molar-refractivity contribution in [3.8, 4) is 5.75 Å². The molecule has 0 N–H and O–H groups in total. The first-order chi connectivity index (χ1) is 10.3. The highest BCUT2D eigenvalue weighted by atomic mass is 19.1. The molecule has 0 spiro atoms. The summed E-state index contributed by atoms with van der Waals surface area (Å²) in [6, 6.07) is 11.9. The van der Waals surface area contributed by atoms with Crippen LogP contribution in [0.25, 0.3) is 0 Å². The fourth-order valence-electron chi connectivity index (χ4n) is 1.74. The molecule has 3 nitrogen and oxygen atoms in total. The van der Waals surface area contributed by atoms with Gasteiger partial charge in [0.1, 0.15) is 11.6 Å². The largest absolute Gasteiger partial charge is 0.426 e. The zero-order chi connectivity index (χ0) is 16.3. The Morgan fingerprint density at radius 2 is 1.55 bits per heavy atom. The second kappa shape index (κ2) is 6.10. The van der Waals surface area contributed by atoms with Crippen LogP contribution < -0.4 is 4.74 Å². The Morgan fingerprint density at radius 3 is 2.09 bits per heavy atom. The monoisotopic (exact) mass is 300 g/mol. The summed E-state index contributed by atoms with van der Waals surface area (Å²) in [6.45, 7) is 5.27. The highest BCUT2D eigenvalue weighted by Gasteiger charge is 2.23. The van der Waals surface area contributed by atoms with Crippen molar-refractivity contribution in [2.24, 2.45) is 5.41 Å². The van der Waals surface area contributed by atoms with Crippen molar-refractivity contribution in [1.82, 2.24) is 0 Å². The summed E-state index contributed by atoms with van der Waals surface area (Å²) < 4.78 is 18.8. The Bertz CT molecular complexity index is 697. The van der Waals surface area contributed by atoms with Crippen LogP contribution in [0.2, 0.25) is 0 Å². The van der Waals surface area contributed by atoms with Crippen LogP contribution in [-0.4, -0.2) is 11.8 Å². The van der Waals surface area contributed by atoms with Gasteiger partial charge in [-0.1, -0.05) is 12.1 Å². The maximum Gasteiger partial charge on any atom is 0.316 e. The maximum atomic E-state index is 13.6. The molecule has 4 heteroatoms. The van der Waals surface area contributed by atoms with Crippen LogP contribution in [-0.2, 0) is 4.79 Å². The SMILES string of the molecule is CC(C)(C)C(=O)Oc1ccc(C(=O)c2ccccc2F)cc1. The molecule has 0 saturated carbocycles. The molecule has 0 aliphatic rings. The van der Waals surface area contributed by atoms with Gasteiger partial charge in [0.2, 0.25) is 0 Å². The molecule has 0 fully saturated rings. The molecule has 0 aliphatic heterocycles. The lowest BCUT2D eigenvalue weighted by molar-refractivity contribution is -0.142. The summed E-state index contributed by atoms with van der Waals surface area (Å²) in [4.78, 5) is 24.0. The molecule has 22 heavy (non-hydrogen) atoms. The van der Waals surface area contributed by atoms with Gasteiger partial charge in [-0.2, -0.15) is 0 Å². The number of carbonyl (C=O) groups excluding carboxylic acids is 2. The molecule has 0 unspecified atom stereocenters. The lowest BCUT2D eigenvalue weighted by Gasteiger charge is -2.16. The zero-order valence-corrected chi connectivity index (χ0v) is 12.7. The topological polar surface area (TPSA) is 43.4 Å². The number of halogens is 1. The summed E-state index contributed by atoms with van der Waals surface area (Å²) in [5.41, 5.74) is -0.260. The normalized spacial score (nSPS) is 11.1. The minimum absolute atomic E-state index is 0.0157. The number of ether oxygens (including phenoxy) is 1. The number of benzene rings is 2. The van der Waals surface area contributed by atoms with E-state index in [1.165, 1.54) is 42.5 Å². The van der Waals surface area contributed by atoms with Crippen LogP contribution in [0.5, 0.6) is 5.75 Å². The average Bonchev–Trinajstić information content (AvgIpc) is 2.47. The van der Waals surface area contributed by atoms with Crippen LogP contribution in [0.1, 0.15) is 36.7 Å². The molecule has 0 heterocycles. The number of esters is 1. The molecule has 114 valence electrons. The molecular weight excluding hydrogens is 283 g/mol. The molecule has 2 aromatic carbocycles. The number of carbonyl (C=O) groups is 2. The van der Waals surface area contributed by atoms with Crippen LogP contribution in [0, 0.1) is 11.2 Å². The van der Waals surface area contributed by atoms with Crippen molar-refractivity contribution in [3.05, 3.63) is 65.5 Å². The van der Waals surface area contributed by atoms with Crippen molar-refractivity contribution in [2.75, 3.05) is 0 Å². The summed E-state index contributed by atoms with van der Waals surface area (Å²) in [6.07, 6.45) is 0. The first-order valence-electron chi connectivity index (χ1n) is 6.90. The van der Waals surface area contributed by atoms with Gasteiger partial charge in [0.05, 0.1) is 11.0 Å². The van der Waals surface area contributed by atoms with E-state index in [2.05, 4.69) is 0 Å². The Labute approximate surface area is 128 Å². The lowest BCUT2D eigenvalue weighted by atomic mass is 9.97. The Kier molecular flexibility index (Phi) is 4.40. The standard InChI is InChI=1S/C18H17FO3/c1-18(2,3)17(21)22-13-10-8-12(9-11-13)16(20)14-6-4-5-7-15(14)19/h4-11H,1-3H3. The van der Waals surface area contributed by atoms with Crippen molar-refractivity contribution in [3.63, 3.8) is 0 Å². The van der Waals surface area contributed by atoms with E-state index in [-0.39, 0.29) is 11.5 Å². The molecule has 0 radical (unpaired) electrons. The highest BCUT2D eigenvalue weighted by molar-refractivity contribution is 6.09. The molecule has 0 bridgehead atoms. The quantitative estimate of drug-likeness (QED) is 0.489. The second-order valence-electron chi connectivity index (χ2n) is 5.97. The minimum atomic E-state index is -0.609. The van der Waals surface area contributed by atoms with Crippen molar-refractivity contribution in [2.45, 2.75) is 20.8 Å². The zero-order valence-electron chi connectivity index (χ0n) is 12.7. The fraction of sp³-hybridized carbons (Fsp3) is 0.222. The van der Waals surface area contributed by atoms with Gasteiger partial charge in [-0.15, -0.1) is 0 Å². The molecule has 0 aliphatic carbocycles. The molecule has 2 aromatic rings. The van der Waals surface area contributed by atoms with Gasteiger partial charge < -0.3 is 4.74 Å². The third-order valence-electron chi connectivity index (χ3n) is 3.06. The van der Waals surface area contributed by atoms with E-state index in [1.54, 1.807) is 26.8 Å². The fourth-order valence-corrected chi connectivity index (χ4v) is 1.74. The molecule has 2 rings (SSSR count). The number of ketones is 1. The summed E-state index contributed by atoms with van der Waals surface area (Å²) in [7, 11) is 0. The van der Waals surface area contributed by atoms with Gasteiger partial charge in [-0.3, -0.25) is 9.59 Å². The molecule has 0 amide bonds. The number of hydrogen-bond acceptors (Lipinski definition) is 3. The van der Waals surface area contributed by atoms with E-state index in [9.17, 15) is 14.0 Å². The smallest absolute Gasteiger partial charge is 0.316 e. The molecule has 0 aromatic heterocycles. The van der Waals surface area contributed by atoms with E-state index in [4.69, 9.17) is 4.74 Å². The van der Waals surface area contributed by atoms with E-state index >= 15 is 0 Å². The van der Waals surface area contributed by atoms with Gasteiger partial charge in [-0.05, 0) is 57.2 Å². The van der Waals surface area contributed by atoms with E-state index in [1.807, 2.05) is 0 Å². The summed E-state index contributed by atoms with van der Waals surface area (Å²) in [5.74, 6) is -0.978. The summed E-state index contributed by atoms with van der Waals surface area (Å²) >= 11 is 0. The second-order valence-corrected chi connectivity index (χ2v) is 5.97. The molecule has 0 saturated heterocycles. The van der Waals surface area contributed by atoms with Gasteiger partial charge in [0.25, 0.3) is 0 Å². The number of rotatable bonds is 3. The third kappa shape index (κ3) is 3.58. The first-order valence-corrected chi connectivity index (χ1v) is 6.90. The average molecular weight is 300 g/mol. The predicted octanol–water partition coefficient (Wildman–Crippen LogP) is 4.01. The highest BCUT2D eigenvalue weighted by Crippen LogP contribution is 2.21. The van der Waals surface area contributed by atoms with Crippen molar-refractivity contribution >= 4 is 11.8 Å². The lowest BCUT2D eigenvalue weighted by Crippen LogP contribution is -2.25. The molecular formula is C18H17FO3. The van der Waals surface area contributed by atoms with E-state index in [0.717, 1.165) is 0 Å². The maximum absolute atomic E-state index is 13.6. The van der Waals surface area contributed by atoms with Crippen molar-refractivity contribution < 1.29 is 18.7 Å². The Balaban J connectivity index is 2.17. The van der Waals surface area contributed by atoms with Crippen molar-refractivity contribution in [1.29, 1.82) is 0 Å². The van der Waals surface area contributed by atoms with E-state index < -0.39 is 17.0 Å². The minimum Gasteiger partial charge on any atom is -0.426 e. The van der Waals surface area contributed by atoms with E-state index in [0.29, 0.717) is 11.3 Å². The van der Waals surface area contributed by atoms with Crippen LogP contribution in [0.15, 0.2) is 48.5 Å². The predicted molar refractivity (Wildman–Crippen MR) is 81.4 cm³/mol. The molecule has 0 atom stereocenters.